The van der Waals surface area contributed by atoms with E-state index >= 15 is 0 Å². The molecule has 217 valence electrons. The fraction of sp³-hybridized carbons (Fsp3) is 0.467. The first-order valence-electron chi connectivity index (χ1n) is 13.4. The van der Waals surface area contributed by atoms with Crippen molar-refractivity contribution < 1.29 is 48.3 Å². The lowest BCUT2D eigenvalue weighted by Gasteiger charge is -2.39. The smallest absolute Gasteiger partial charge is 0.336 e. The van der Waals surface area contributed by atoms with Crippen molar-refractivity contribution >= 4 is 11.9 Å². The van der Waals surface area contributed by atoms with Gasteiger partial charge in [-0.25, -0.2) is 4.79 Å². The second-order valence-corrected chi connectivity index (χ2v) is 11.8. The van der Waals surface area contributed by atoms with Gasteiger partial charge in [-0.1, -0.05) is 0 Å². The third-order valence-electron chi connectivity index (χ3n) is 8.62. The second kappa shape index (κ2) is 9.28. The molecule has 0 saturated carbocycles. The molecule has 2 aromatic rings. The molecule has 1 fully saturated rings. The predicted molar refractivity (Wildman–Crippen MR) is 141 cm³/mol. The number of benzene rings is 2. The first kappa shape index (κ1) is 27.2. The van der Waals surface area contributed by atoms with E-state index in [9.17, 15) is 19.9 Å². The minimum Gasteiger partial charge on any atom is -0.502 e. The lowest BCUT2D eigenvalue weighted by atomic mass is 9.66. The van der Waals surface area contributed by atoms with E-state index in [1.54, 1.807) is 58.0 Å². The standard InChI is InChI=1S/C30H32NO10/c1-29(2)11-18(30(3,4)31(29)35)27(33)41-26-16-10-20-19(39-13-40-20)9-15(16)23(24-17(26)12-38-28(24)34)14-7-21(36-5)25(32)22(8-14)37-6/h7-11,17,23-24,26,32H,12-13H2,1-6H3/t17-,23+,24-,26+/m0/s1. The van der Waals surface area contributed by atoms with Gasteiger partial charge in [-0.05, 0) is 69.2 Å². The number of hydrogen-bond acceptors (Lipinski definition) is 10. The monoisotopic (exact) mass is 566 g/mol. The molecule has 2 aromatic carbocycles. The van der Waals surface area contributed by atoms with Gasteiger partial charge in [0.15, 0.2) is 23.0 Å². The number of phenolic OH excluding ortho intramolecular Hbond substituents is 1. The fourth-order valence-electron chi connectivity index (χ4n) is 6.66. The van der Waals surface area contributed by atoms with Crippen LogP contribution in [0.25, 0.3) is 0 Å². The number of methoxy groups -OCH3 is 2. The van der Waals surface area contributed by atoms with E-state index in [0.29, 0.717) is 28.2 Å². The van der Waals surface area contributed by atoms with E-state index in [2.05, 4.69) is 0 Å². The summed E-state index contributed by atoms with van der Waals surface area (Å²) < 4.78 is 33.9. The Bertz CT molecular complexity index is 1450. The SMILES string of the molecule is COc1cc([C@@H]2c3cc4c(cc3[C@@H](OC(=O)C3=CC(C)(C)N([O])C3(C)C)[C@H]3COC(=O)[C@H]23)OCO4)cc(OC)c1O. The number of nitrogens with zero attached hydrogens (tertiary/aromatic N) is 1. The molecule has 6 rings (SSSR count). The Kier molecular flexibility index (Phi) is 6.16. The number of phenols is 1. The molecule has 0 aromatic heterocycles. The van der Waals surface area contributed by atoms with E-state index in [4.69, 9.17) is 28.4 Å². The summed E-state index contributed by atoms with van der Waals surface area (Å²) in [4.78, 5) is 27.1. The molecule has 1 saturated heterocycles. The van der Waals surface area contributed by atoms with Crippen molar-refractivity contribution in [2.45, 2.75) is 50.8 Å². The minimum atomic E-state index is -1.12. The van der Waals surface area contributed by atoms with Gasteiger partial charge in [-0.15, -0.1) is 10.3 Å². The molecular formula is C30H32NO10. The molecule has 3 aliphatic heterocycles. The first-order valence-corrected chi connectivity index (χ1v) is 13.4. The van der Waals surface area contributed by atoms with Crippen LogP contribution in [0.4, 0.5) is 0 Å². The van der Waals surface area contributed by atoms with Crippen molar-refractivity contribution in [3.05, 3.63) is 52.6 Å². The second-order valence-electron chi connectivity index (χ2n) is 11.8. The Morgan fingerprint density at radius 1 is 0.976 bits per heavy atom. The quantitative estimate of drug-likeness (QED) is 0.533. The third kappa shape index (κ3) is 4.01. The van der Waals surface area contributed by atoms with Gasteiger partial charge in [0.2, 0.25) is 12.5 Å². The number of fused-ring (bicyclic) bond motifs is 3. The zero-order valence-corrected chi connectivity index (χ0v) is 23.7. The molecule has 0 amide bonds. The lowest BCUT2D eigenvalue weighted by molar-refractivity contribution is -0.239. The number of ether oxygens (including phenoxy) is 6. The van der Waals surface area contributed by atoms with Crippen LogP contribution in [0.1, 0.15) is 56.4 Å². The van der Waals surface area contributed by atoms with Gasteiger partial charge in [-0.2, -0.15) is 0 Å². The molecule has 0 bridgehead atoms. The Hall–Kier alpha value is -3.96. The average molecular weight is 567 g/mol. The summed E-state index contributed by atoms with van der Waals surface area (Å²) in [6.45, 7) is 6.90. The van der Waals surface area contributed by atoms with Crippen LogP contribution in [0, 0.1) is 11.8 Å². The number of cyclic esters (lactones) is 1. The van der Waals surface area contributed by atoms with Crippen LogP contribution in [-0.2, 0) is 24.3 Å². The highest BCUT2D eigenvalue weighted by atomic mass is 16.7. The molecule has 4 atom stereocenters. The molecule has 1 radical (unpaired) electrons. The van der Waals surface area contributed by atoms with E-state index in [1.807, 2.05) is 0 Å². The number of aromatic hydroxyl groups is 1. The highest BCUT2D eigenvalue weighted by molar-refractivity contribution is 5.92. The van der Waals surface area contributed by atoms with E-state index in [-0.39, 0.29) is 36.2 Å². The number of carbonyl (C=O) groups is 2. The molecule has 3 heterocycles. The van der Waals surface area contributed by atoms with Gasteiger partial charge in [0.1, 0.15) is 6.10 Å². The van der Waals surface area contributed by atoms with E-state index in [0.717, 1.165) is 5.06 Å². The third-order valence-corrected chi connectivity index (χ3v) is 8.62. The van der Waals surface area contributed by atoms with Gasteiger partial charge >= 0.3 is 11.9 Å². The summed E-state index contributed by atoms with van der Waals surface area (Å²) >= 11 is 0. The lowest BCUT2D eigenvalue weighted by Crippen LogP contribution is -2.48. The highest BCUT2D eigenvalue weighted by Crippen LogP contribution is 2.57. The fourth-order valence-corrected chi connectivity index (χ4v) is 6.66. The van der Waals surface area contributed by atoms with Crippen molar-refractivity contribution in [1.82, 2.24) is 5.06 Å². The number of carbonyl (C=O) groups excluding carboxylic acids is 2. The van der Waals surface area contributed by atoms with Crippen molar-refractivity contribution in [1.29, 1.82) is 0 Å². The molecule has 1 N–H and O–H groups in total. The number of rotatable bonds is 5. The van der Waals surface area contributed by atoms with Gasteiger partial charge in [0, 0.05) is 17.4 Å². The number of hydroxylamine groups is 2. The maximum atomic E-state index is 13.7. The van der Waals surface area contributed by atoms with Crippen LogP contribution in [0.2, 0.25) is 0 Å². The molecule has 1 aliphatic carbocycles. The van der Waals surface area contributed by atoms with Crippen molar-refractivity contribution in [2.24, 2.45) is 11.8 Å². The molecule has 0 spiro atoms. The minimum absolute atomic E-state index is 0.0264. The van der Waals surface area contributed by atoms with Gasteiger partial charge < -0.3 is 33.5 Å². The van der Waals surface area contributed by atoms with Crippen LogP contribution in [-0.4, -0.2) is 60.8 Å². The van der Waals surface area contributed by atoms with Crippen LogP contribution < -0.4 is 18.9 Å². The van der Waals surface area contributed by atoms with E-state index < -0.39 is 46.9 Å². The molecule has 41 heavy (non-hydrogen) atoms. The largest absolute Gasteiger partial charge is 0.502 e. The van der Waals surface area contributed by atoms with Gasteiger partial charge in [-0.3, -0.25) is 4.79 Å². The summed E-state index contributed by atoms with van der Waals surface area (Å²) in [7, 11) is 2.85. The van der Waals surface area contributed by atoms with Crippen LogP contribution >= 0.6 is 0 Å². The zero-order chi connectivity index (χ0) is 29.4. The maximum Gasteiger partial charge on any atom is 0.336 e. The molecule has 11 nitrogen and oxygen atoms in total. The van der Waals surface area contributed by atoms with E-state index in [1.165, 1.54) is 14.2 Å². The number of esters is 2. The summed E-state index contributed by atoms with van der Waals surface area (Å²) in [6.07, 6.45) is 0.762. The normalized spacial score (nSPS) is 27.0. The molecule has 11 heteroatoms. The summed E-state index contributed by atoms with van der Waals surface area (Å²) in [6, 6.07) is 6.87. The summed E-state index contributed by atoms with van der Waals surface area (Å²) in [5.41, 5.74) is 0.178. The Balaban J connectivity index is 1.50. The van der Waals surface area contributed by atoms with Crippen molar-refractivity contribution in [3.8, 4) is 28.7 Å². The molecule has 0 unspecified atom stereocenters. The van der Waals surface area contributed by atoms with Gasteiger partial charge in [0.25, 0.3) is 0 Å². The summed E-state index contributed by atoms with van der Waals surface area (Å²) in [5, 5.41) is 24.4. The number of hydrogen-bond donors (Lipinski definition) is 1. The van der Waals surface area contributed by atoms with Crippen LogP contribution in [0.5, 0.6) is 28.7 Å². The Labute approximate surface area is 237 Å². The Morgan fingerprint density at radius 3 is 2.15 bits per heavy atom. The first-order chi connectivity index (χ1) is 19.4. The molecule has 4 aliphatic rings. The zero-order valence-electron chi connectivity index (χ0n) is 23.7. The maximum absolute atomic E-state index is 13.7. The van der Waals surface area contributed by atoms with Crippen LogP contribution in [0.3, 0.4) is 0 Å². The molecular weight excluding hydrogens is 534 g/mol. The topological polar surface area (TPSA) is 133 Å². The van der Waals surface area contributed by atoms with Crippen molar-refractivity contribution in [2.75, 3.05) is 27.6 Å². The predicted octanol–water partition coefficient (Wildman–Crippen LogP) is 3.80. The average Bonchev–Trinajstić information content (AvgIpc) is 3.60. The van der Waals surface area contributed by atoms with Gasteiger partial charge in [0.05, 0.1) is 43.4 Å². The summed E-state index contributed by atoms with van der Waals surface area (Å²) in [5.74, 6) is -1.77. The van der Waals surface area contributed by atoms with Crippen molar-refractivity contribution in [3.63, 3.8) is 0 Å². The Morgan fingerprint density at radius 2 is 1.59 bits per heavy atom. The van der Waals surface area contributed by atoms with Crippen LogP contribution in [0.15, 0.2) is 35.9 Å². The highest BCUT2D eigenvalue weighted by Gasteiger charge is 2.55.